The van der Waals surface area contributed by atoms with Gasteiger partial charge < -0.3 is 9.47 Å². The van der Waals surface area contributed by atoms with Crippen LogP contribution in [0.5, 0.6) is 11.9 Å². The number of hydrogen-bond donors (Lipinski definition) is 0. The monoisotopic (exact) mass is 340 g/mol. The Bertz CT molecular complexity index is 657. The van der Waals surface area contributed by atoms with Gasteiger partial charge in [0, 0.05) is 11.1 Å². The van der Waals surface area contributed by atoms with Crippen LogP contribution in [0.4, 0.5) is 0 Å². The molecule has 0 N–H and O–H groups in total. The second-order valence-electron chi connectivity index (χ2n) is 6.90. The quantitative estimate of drug-likeness (QED) is 0.769. The third-order valence-electron chi connectivity index (χ3n) is 2.37. The van der Waals surface area contributed by atoms with Gasteiger partial charge in [-0.15, -0.1) is 11.3 Å². The molecule has 0 bridgehead atoms. The molecule has 6 heteroatoms. The van der Waals surface area contributed by atoms with E-state index < -0.39 is 0 Å². The Morgan fingerprint density at radius 1 is 1.00 bits per heavy atom. The Hall–Kier alpha value is -1.33. The summed E-state index contributed by atoms with van der Waals surface area (Å²) in [6.07, 6.45) is 1.72. The van der Waals surface area contributed by atoms with Gasteiger partial charge in [0.1, 0.15) is 11.2 Å². The lowest BCUT2D eigenvalue weighted by Gasteiger charge is -2.23. The molecule has 2 rings (SSSR count). The van der Waals surface area contributed by atoms with E-state index in [-0.39, 0.29) is 11.2 Å². The van der Waals surface area contributed by atoms with Crippen molar-refractivity contribution in [3.63, 3.8) is 0 Å². The van der Waals surface area contributed by atoms with Gasteiger partial charge in [-0.3, -0.25) is 0 Å². The van der Waals surface area contributed by atoms with Crippen LogP contribution in [0.1, 0.15) is 41.5 Å². The summed E-state index contributed by atoms with van der Waals surface area (Å²) in [6, 6.07) is 4.09. The molecule has 2 heterocycles. The number of hydrogen-bond acceptors (Lipinski definition) is 5. The Morgan fingerprint density at radius 2 is 1.64 bits per heavy atom. The number of halogens is 1. The highest BCUT2D eigenvalue weighted by Gasteiger charge is 2.21. The van der Waals surface area contributed by atoms with E-state index in [1.807, 2.05) is 53.7 Å². The Labute approximate surface area is 140 Å². The lowest BCUT2D eigenvalue weighted by atomic mass is 10.2. The SMILES string of the molecule is CC(C)(C)Oc1ncc(-c2ccc(Cl)s2)c(OC(C)(C)C)n1. The molecule has 2 aromatic heterocycles. The minimum absolute atomic E-state index is 0.304. The largest absolute Gasteiger partial charge is 0.471 e. The first-order valence-electron chi connectivity index (χ1n) is 7.04. The molecule has 2 aromatic rings. The van der Waals surface area contributed by atoms with Crippen molar-refractivity contribution in [2.24, 2.45) is 0 Å². The fraction of sp³-hybridized carbons (Fsp3) is 0.500. The van der Waals surface area contributed by atoms with E-state index in [4.69, 9.17) is 21.1 Å². The molecule has 0 aliphatic heterocycles. The predicted molar refractivity (Wildman–Crippen MR) is 91.1 cm³/mol. The Kier molecular flexibility index (Phi) is 4.68. The zero-order valence-electron chi connectivity index (χ0n) is 13.7. The minimum Gasteiger partial charge on any atom is -0.471 e. The molecule has 0 aromatic carbocycles. The van der Waals surface area contributed by atoms with Crippen LogP contribution in [-0.4, -0.2) is 21.2 Å². The lowest BCUT2D eigenvalue weighted by molar-refractivity contribution is 0.103. The van der Waals surface area contributed by atoms with Crippen molar-refractivity contribution in [2.75, 3.05) is 0 Å². The molecule has 0 fully saturated rings. The third-order valence-corrected chi connectivity index (χ3v) is 3.64. The first-order valence-corrected chi connectivity index (χ1v) is 8.24. The van der Waals surface area contributed by atoms with Gasteiger partial charge in [-0.25, -0.2) is 4.98 Å². The molecule has 22 heavy (non-hydrogen) atoms. The highest BCUT2D eigenvalue weighted by molar-refractivity contribution is 7.19. The summed E-state index contributed by atoms with van der Waals surface area (Å²) in [5.41, 5.74) is 0.0729. The Morgan fingerprint density at radius 3 is 2.14 bits per heavy atom. The maximum atomic E-state index is 6.03. The van der Waals surface area contributed by atoms with Crippen LogP contribution < -0.4 is 9.47 Å². The van der Waals surface area contributed by atoms with Crippen molar-refractivity contribution in [1.82, 2.24) is 9.97 Å². The smallest absolute Gasteiger partial charge is 0.320 e. The summed E-state index contributed by atoms with van der Waals surface area (Å²) >= 11 is 7.49. The molecule has 0 saturated heterocycles. The van der Waals surface area contributed by atoms with Crippen molar-refractivity contribution in [2.45, 2.75) is 52.7 Å². The van der Waals surface area contributed by atoms with Crippen LogP contribution in [0.25, 0.3) is 10.4 Å². The fourth-order valence-electron chi connectivity index (χ4n) is 1.67. The van der Waals surface area contributed by atoms with Crippen LogP contribution in [0.2, 0.25) is 4.34 Å². The zero-order valence-corrected chi connectivity index (χ0v) is 15.3. The van der Waals surface area contributed by atoms with Gasteiger partial charge in [-0.1, -0.05) is 11.6 Å². The molecule has 4 nitrogen and oxygen atoms in total. The molecule has 0 unspecified atom stereocenters. The van der Waals surface area contributed by atoms with Gasteiger partial charge in [-0.2, -0.15) is 4.98 Å². The lowest BCUT2D eigenvalue weighted by Crippen LogP contribution is -2.26. The molecule has 0 amide bonds. The Balaban J connectivity index is 2.44. The maximum Gasteiger partial charge on any atom is 0.320 e. The average molecular weight is 341 g/mol. The number of aromatic nitrogens is 2. The zero-order chi connectivity index (χ0) is 16.5. The summed E-state index contributed by atoms with van der Waals surface area (Å²) in [6.45, 7) is 11.8. The van der Waals surface area contributed by atoms with E-state index in [1.165, 1.54) is 11.3 Å². The van der Waals surface area contributed by atoms with Gasteiger partial charge >= 0.3 is 6.01 Å². The summed E-state index contributed by atoms with van der Waals surface area (Å²) in [5.74, 6) is 0.500. The van der Waals surface area contributed by atoms with E-state index in [0.29, 0.717) is 16.2 Å². The van der Waals surface area contributed by atoms with E-state index in [9.17, 15) is 0 Å². The van der Waals surface area contributed by atoms with Crippen LogP contribution >= 0.6 is 22.9 Å². The van der Waals surface area contributed by atoms with Gasteiger partial charge in [0.05, 0.1) is 9.90 Å². The van der Waals surface area contributed by atoms with E-state index in [2.05, 4.69) is 9.97 Å². The molecule has 0 radical (unpaired) electrons. The van der Waals surface area contributed by atoms with Crippen molar-refractivity contribution in [3.8, 4) is 22.3 Å². The van der Waals surface area contributed by atoms with Gasteiger partial charge in [-0.05, 0) is 53.7 Å². The fourth-order valence-corrected chi connectivity index (χ4v) is 2.71. The number of thiophene rings is 1. The first kappa shape index (κ1) is 17.0. The topological polar surface area (TPSA) is 44.2 Å². The van der Waals surface area contributed by atoms with Crippen LogP contribution in [-0.2, 0) is 0 Å². The molecule has 0 spiro atoms. The highest BCUT2D eigenvalue weighted by Crippen LogP contribution is 2.37. The van der Waals surface area contributed by atoms with Crippen molar-refractivity contribution in [3.05, 3.63) is 22.7 Å². The number of ether oxygens (including phenoxy) is 2. The first-order chi connectivity index (χ1) is 10.0. The van der Waals surface area contributed by atoms with E-state index in [0.717, 1.165) is 10.4 Å². The molecule has 0 aliphatic carbocycles. The van der Waals surface area contributed by atoms with Gasteiger partial charge in [0.2, 0.25) is 5.88 Å². The van der Waals surface area contributed by atoms with Crippen LogP contribution in [0.3, 0.4) is 0 Å². The van der Waals surface area contributed by atoms with Gasteiger partial charge in [0.15, 0.2) is 0 Å². The molecule has 0 aliphatic rings. The second-order valence-corrected chi connectivity index (χ2v) is 8.62. The summed E-state index contributed by atoms with van der Waals surface area (Å²) in [7, 11) is 0. The van der Waals surface area contributed by atoms with Crippen LogP contribution in [0.15, 0.2) is 18.3 Å². The van der Waals surface area contributed by atoms with Gasteiger partial charge in [0.25, 0.3) is 0 Å². The minimum atomic E-state index is -0.372. The van der Waals surface area contributed by atoms with Crippen LogP contribution in [0, 0.1) is 0 Å². The summed E-state index contributed by atoms with van der Waals surface area (Å²) < 4.78 is 12.4. The standard InChI is InChI=1S/C16H21ClN2O2S/c1-15(2,3)20-13-10(11-7-8-12(17)22-11)9-18-14(19-13)21-16(4,5)6/h7-9H,1-6H3. The number of nitrogens with zero attached hydrogens (tertiary/aromatic N) is 2. The molecular formula is C16H21ClN2O2S. The summed E-state index contributed by atoms with van der Waals surface area (Å²) in [4.78, 5) is 9.69. The predicted octanol–water partition coefficient (Wildman–Crippen LogP) is 5.21. The maximum absolute atomic E-state index is 6.03. The number of rotatable bonds is 3. The molecular weight excluding hydrogens is 320 g/mol. The molecule has 120 valence electrons. The molecule has 0 saturated carbocycles. The second kappa shape index (κ2) is 6.05. The van der Waals surface area contributed by atoms with Crippen molar-refractivity contribution >= 4 is 22.9 Å². The van der Waals surface area contributed by atoms with Crippen molar-refractivity contribution < 1.29 is 9.47 Å². The normalized spacial score (nSPS) is 12.3. The molecule has 0 atom stereocenters. The van der Waals surface area contributed by atoms with Crippen molar-refractivity contribution in [1.29, 1.82) is 0 Å². The third kappa shape index (κ3) is 4.85. The highest BCUT2D eigenvalue weighted by atomic mass is 35.5. The summed E-state index contributed by atoms with van der Waals surface area (Å²) in [5, 5.41) is 0. The average Bonchev–Trinajstić information content (AvgIpc) is 2.71. The van der Waals surface area contributed by atoms with E-state index in [1.54, 1.807) is 6.20 Å². The van der Waals surface area contributed by atoms with E-state index >= 15 is 0 Å².